The fourth-order valence-corrected chi connectivity index (χ4v) is 2.14. The fraction of sp³-hybridized carbons (Fsp3) is 0.125. The van der Waals surface area contributed by atoms with Gasteiger partial charge in [-0.05, 0) is 30.7 Å². The van der Waals surface area contributed by atoms with Crippen molar-refractivity contribution in [1.82, 2.24) is 14.8 Å². The van der Waals surface area contributed by atoms with Crippen LogP contribution in [0.3, 0.4) is 0 Å². The lowest BCUT2D eigenvalue weighted by Crippen LogP contribution is -2.01. The maximum absolute atomic E-state index is 10.4. The van der Waals surface area contributed by atoms with Crippen LogP contribution in [0.15, 0.2) is 61.2 Å². The van der Waals surface area contributed by atoms with Gasteiger partial charge in [-0.2, -0.15) is 5.10 Å². The molecule has 2 heterocycles. The lowest BCUT2D eigenvalue weighted by molar-refractivity contribution is 0.219. The zero-order chi connectivity index (χ0) is 13.9. The summed E-state index contributed by atoms with van der Waals surface area (Å²) in [6.45, 7) is 1.96. The molecule has 0 aliphatic carbocycles. The van der Waals surface area contributed by atoms with Gasteiger partial charge in [-0.15, -0.1) is 0 Å². The molecule has 3 aromatic rings. The lowest BCUT2D eigenvalue weighted by atomic mass is 10.0. The molecule has 0 fully saturated rings. The summed E-state index contributed by atoms with van der Waals surface area (Å²) in [6.07, 6.45) is 6.23. The third kappa shape index (κ3) is 2.33. The average Bonchev–Trinajstić information content (AvgIpc) is 2.98. The Morgan fingerprint density at radius 1 is 1.10 bits per heavy atom. The van der Waals surface area contributed by atoms with Gasteiger partial charge in [0, 0.05) is 29.7 Å². The van der Waals surface area contributed by atoms with E-state index in [4.69, 9.17) is 0 Å². The minimum absolute atomic E-state index is 0.707. The van der Waals surface area contributed by atoms with Gasteiger partial charge in [-0.25, -0.2) is 4.68 Å². The minimum atomic E-state index is -0.707. The predicted octanol–water partition coefficient (Wildman–Crippen LogP) is 2.66. The molecular weight excluding hydrogens is 250 g/mol. The molecule has 1 atom stereocenters. The third-order valence-electron chi connectivity index (χ3n) is 3.31. The highest BCUT2D eigenvalue weighted by atomic mass is 16.3. The quantitative estimate of drug-likeness (QED) is 0.792. The number of aromatic nitrogens is 3. The van der Waals surface area contributed by atoms with Crippen molar-refractivity contribution in [3.63, 3.8) is 0 Å². The van der Waals surface area contributed by atoms with E-state index in [2.05, 4.69) is 10.1 Å². The number of rotatable bonds is 3. The van der Waals surface area contributed by atoms with E-state index in [1.807, 2.05) is 49.5 Å². The highest BCUT2D eigenvalue weighted by molar-refractivity contribution is 5.34. The molecule has 20 heavy (non-hydrogen) atoms. The van der Waals surface area contributed by atoms with Crippen LogP contribution in [0.25, 0.3) is 5.69 Å². The standard InChI is InChI=1S/C16H15N3O/c1-12-7-8-17-10-15(12)16(20)13-9-18-19(11-13)14-5-3-2-4-6-14/h2-11,16,20H,1H3. The Kier molecular flexibility index (Phi) is 3.31. The van der Waals surface area contributed by atoms with Crippen molar-refractivity contribution >= 4 is 0 Å². The molecule has 0 aliphatic rings. The first kappa shape index (κ1) is 12.6. The van der Waals surface area contributed by atoms with E-state index in [9.17, 15) is 5.11 Å². The van der Waals surface area contributed by atoms with Gasteiger partial charge in [0.1, 0.15) is 6.10 Å². The maximum Gasteiger partial charge on any atom is 0.109 e. The van der Waals surface area contributed by atoms with Crippen LogP contribution in [-0.4, -0.2) is 19.9 Å². The van der Waals surface area contributed by atoms with Crippen molar-refractivity contribution in [3.05, 3.63) is 77.9 Å². The van der Waals surface area contributed by atoms with Gasteiger partial charge >= 0.3 is 0 Å². The van der Waals surface area contributed by atoms with E-state index < -0.39 is 6.10 Å². The summed E-state index contributed by atoms with van der Waals surface area (Å²) >= 11 is 0. The number of benzene rings is 1. The number of pyridine rings is 1. The number of hydrogen-bond acceptors (Lipinski definition) is 3. The van der Waals surface area contributed by atoms with Gasteiger partial charge in [0.2, 0.25) is 0 Å². The van der Waals surface area contributed by atoms with Crippen LogP contribution in [0.4, 0.5) is 0 Å². The first-order chi connectivity index (χ1) is 9.75. The van der Waals surface area contributed by atoms with Gasteiger partial charge in [0.25, 0.3) is 0 Å². The Balaban J connectivity index is 1.93. The molecule has 1 aromatic carbocycles. The largest absolute Gasteiger partial charge is 0.383 e. The van der Waals surface area contributed by atoms with E-state index in [1.54, 1.807) is 23.3 Å². The number of aryl methyl sites for hydroxylation is 1. The summed E-state index contributed by atoms with van der Waals surface area (Å²) in [5.41, 5.74) is 3.54. The summed E-state index contributed by atoms with van der Waals surface area (Å²) in [6, 6.07) is 11.7. The van der Waals surface area contributed by atoms with Crippen LogP contribution in [0.2, 0.25) is 0 Å². The Morgan fingerprint density at radius 2 is 1.90 bits per heavy atom. The normalized spacial score (nSPS) is 12.3. The Bertz CT molecular complexity index is 707. The predicted molar refractivity (Wildman–Crippen MR) is 76.6 cm³/mol. The van der Waals surface area contributed by atoms with Crippen LogP contribution >= 0.6 is 0 Å². The van der Waals surface area contributed by atoms with Crippen molar-refractivity contribution in [1.29, 1.82) is 0 Å². The van der Waals surface area contributed by atoms with Crippen LogP contribution in [0, 0.1) is 6.92 Å². The third-order valence-corrected chi connectivity index (χ3v) is 3.31. The highest BCUT2D eigenvalue weighted by Gasteiger charge is 2.15. The van der Waals surface area contributed by atoms with Crippen LogP contribution in [0.1, 0.15) is 22.8 Å². The van der Waals surface area contributed by atoms with E-state index in [1.165, 1.54) is 0 Å². The number of aliphatic hydroxyl groups is 1. The van der Waals surface area contributed by atoms with E-state index in [0.29, 0.717) is 0 Å². The minimum Gasteiger partial charge on any atom is -0.383 e. The molecule has 1 unspecified atom stereocenters. The van der Waals surface area contributed by atoms with Gasteiger partial charge in [0.15, 0.2) is 0 Å². The first-order valence-corrected chi connectivity index (χ1v) is 6.44. The molecule has 4 nitrogen and oxygen atoms in total. The molecule has 0 saturated carbocycles. The second-order valence-corrected chi connectivity index (χ2v) is 4.69. The summed E-state index contributed by atoms with van der Waals surface area (Å²) in [4.78, 5) is 4.07. The van der Waals surface area contributed by atoms with Crippen LogP contribution < -0.4 is 0 Å². The summed E-state index contributed by atoms with van der Waals surface area (Å²) in [7, 11) is 0. The zero-order valence-corrected chi connectivity index (χ0v) is 11.1. The molecule has 3 rings (SSSR count). The topological polar surface area (TPSA) is 50.9 Å². The maximum atomic E-state index is 10.4. The van der Waals surface area contributed by atoms with Crippen molar-refractivity contribution in [2.45, 2.75) is 13.0 Å². The van der Waals surface area contributed by atoms with Crippen molar-refractivity contribution < 1.29 is 5.11 Å². The van der Waals surface area contributed by atoms with Crippen LogP contribution in [-0.2, 0) is 0 Å². The molecule has 100 valence electrons. The monoisotopic (exact) mass is 265 g/mol. The fourth-order valence-electron chi connectivity index (χ4n) is 2.14. The molecule has 0 bridgehead atoms. The summed E-state index contributed by atoms with van der Waals surface area (Å²) in [5, 5.41) is 14.7. The summed E-state index contributed by atoms with van der Waals surface area (Å²) in [5.74, 6) is 0. The van der Waals surface area contributed by atoms with Crippen molar-refractivity contribution in [3.8, 4) is 5.69 Å². The SMILES string of the molecule is Cc1ccncc1C(O)c1cnn(-c2ccccc2)c1. The molecule has 4 heteroatoms. The first-order valence-electron chi connectivity index (χ1n) is 6.44. The molecule has 0 amide bonds. The average molecular weight is 265 g/mol. The van der Waals surface area contributed by atoms with E-state index in [-0.39, 0.29) is 0 Å². The van der Waals surface area contributed by atoms with Crippen molar-refractivity contribution in [2.24, 2.45) is 0 Å². The van der Waals surface area contributed by atoms with E-state index >= 15 is 0 Å². The van der Waals surface area contributed by atoms with Crippen molar-refractivity contribution in [2.75, 3.05) is 0 Å². The zero-order valence-electron chi connectivity index (χ0n) is 11.1. The second-order valence-electron chi connectivity index (χ2n) is 4.69. The van der Waals surface area contributed by atoms with Gasteiger partial charge < -0.3 is 5.11 Å². The number of hydrogen-bond donors (Lipinski definition) is 1. The number of para-hydroxylation sites is 1. The smallest absolute Gasteiger partial charge is 0.109 e. The number of nitrogens with zero attached hydrogens (tertiary/aromatic N) is 3. The highest BCUT2D eigenvalue weighted by Crippen LogP contribution is 2.24. The molecule has 0 spiro atoms. The van der Waals surface area contributed by atoms with Gasteiger partial charge in [-0.1, -0.05) is 18.2 Å². The van der Waals surface area contributed by atoms with Crippen LogP contribution in [0.5, 0.6) is 0 Å². The molecule has 2 aromatic heterocycles. The van der Waals surface area contributed by atoms with E-state index in [0.717, 1.165) is 22.4 Å². The molecular formula is C16H15N3O. The Morgan fingerprint density at radius 3 is 2.65 bits per heavy atom. The second kappa shape index (κ2) is 5.27. The molecule has 1 N–H and O–H groups in total. The Hall–Kier alpha value is -2.46. The van der Waals surface area contributed by atoms with Gasteiger partial charge in [0.05, 0.1) is 11.9 Å². The lowest BCUT2D eigenvalue weighted by Gasteiger charge is -2.10. The summed E-state index contributed by atoms with van der Waals surface area (Å²) < 4.78 is 1.75. The molecule has 0 radical (unpaired) electrons. The van der Waals surface area contributed by atoms with Gasteiger partial charge in [-0.3, -0.25) is 4.98 Å². The Labute approximate surface area is 117 Å². The molecule has 0 aliphatic heterocycles. The molecule has 0 saturated heterocycles. The number of aliphatic hydroxyl groups excluding tert-OH is 1.